The van der Waals surface area contributed by atoms with Crippen molar-refractivity contribution in [2.45, 2.75) is 45.0 Å². The number of alkyl halides is 3. The second-order valence-corrected chi connectivity index (χ2v) is 7.64. The van der Waals surface area contributed by atoms with E-state index in [0.717, 1.165) is 12.8 Å². The van der Waals surface area contributed by atoms with Gasteiger partial charge in [-0.05, 0) is 12.8 Å². The highest BCUT2D eigenvalue weighted by molar-refractivity contribution is 7.93. The van der Waals surface area contributed by atoms with Crippen LogP contribution in [0.2, 0.25) is 0 Å². The molecule has 0 fully saturated rings. The Morgan fingerprint density at radius 2 is 1.47 bits per heavy atom. The van der Waals surface area contributed by atoms with Crippen LogP contribution in [0.3, 0.4) is 0 Å². The Labute approximate surface area is 101 Å². The summed E-state index contributed by atoms with van der Waals surface area (Å²) < 4.78 is 61.4. The van der Waals surface area contributed by atoms with Gasteiger partial charge in [-0.3, -0.25) is 0 Å². The van der Waals surface area contributed by atoms with Crippen molar-refractivity contribution < 1.29 is 21.6 Å². The zero-order chi connectivity index (χ0) is 13.5. The maximum atomic E-state index is 12.2. The summed E-state index contributed by atoms with van der Waals surface area (Å²) in [6.07, 6.45) is 4.00. The lowest BCUT2D eigenvalue weighted by molar-refractivity contribution is -0.0434. The van der Waals surface area contributed by atoms with Gasteiger partial charge in [0.05, 0.1) is 0 Å². The largest absolute Gasteiger partial charge is 0.521 e. The van der Waals surface area contributed by atoms with E-state index in [1.165, 1.54) is 0 Å². The van der Waals surface area contributed by atoms with Crippen molar-refractivity contribution >= 4 is 17.7 Å². The molecule has 8 heteroatoms. The number of nitrogens with zero attached hydrogens (tertiary/aromatic N) is 1. The minimum absolute atomic E-state index is 0.459. The van der Waals surface area contributed by atoms with Crippen LogP contribution in [-0.2, 0) is 10.0 Å². The fraction of sp³-hybridized carbons (Fsp3) is 1.00. The molecule has 0 aromatic rings. The Balaban J connectivity index is 4.89. The van der Waals surface area contributed by atoms with Gasteiger partial charge in [0.25, 0.3) is 0 Å². The van der Waals surface area contributed by atoms with Crippen LogP contribution in [0.25, 0.3) is 0 Å². The molecule has 0 bridgehead atoms. The standard InChI is InChI=1S/C9H18F3NO2PS/c1-3-5-7-16(8-6-4-2)13-17(14,15)9(10,11)12/h3-8H2,1-2H3/q+1. The maximum Gasteiger partial charge on any atom is 0.521 e. The van der Waals surface area contributed by atoms with Gasteiger partial charge in [0.2, 0.25) is 7.71 Å². The average molecular weight is 292 g/mol. The lowest BCUT2D eigenvalue weighted by atomic mass is 10.4. The van der Waals surface area contributed by atoms with E-state index in [0.29, 0.717) is 25.2 Å². The second kappa shape index (κ2) is 7.31. The molecule has 0 saturated heterocycles. The molecule has 0 N–H and O–H groups in total. The van der Waals surface area contributed by atoms with Crippen LogP contribution in [0.5, 0.6) is 0 Å². The van der Waals surface area contributed by atoms with Crippen molar-refractivity contribution in [3.05, 3.63) is 0 Å². The molecule has 102 valence electrons. The van der Waals surface area contributed by atoms with Crippen molar-refractivity contribution in [2.24, 2.45) is 4.15 Å². The first-order chi connectivity index (χ1) is 7.74. The molecule has 0 radical (unpaired) electrons. The van der Waals surface area contributed by atoms with Gasteiger partial charge < -0.3 is 0 Å². The molecule has 0 heterocycles. The quantitative estimate of drug-likeness (QED) is 0.663. The molecule has 0 aromatic heterocycles. The summed E-state index contributed by atoms with van der Waals surface area (Å²) in [6, 6.07) is 0. The van der Waals surface area contributed by atoms with E-state index in [4.69, 9.17) is 0 Å². The van der Waals surface area contributed by atoms with Gasteiger partial charge >= 0.3 is 15.5 Å². The molecule has 3 nitrogen and oxygen atoms in total. The smallest absolute Gasteiger partial charge is 0.192 e. The SMILES string of the molecule is CCCC[P+](CCCC)=NS(=O)(=O)C(F)(F)F. The van der Waals surface area contributed by atoms with E-state index in [2.05, 4.69) is 4.15 Å². The predicted octanol–water partition coefficient (Wildman–Crippen LogP) is 4.10. The molecule has 0 rings (SSSR count). The van der Waals surface area contributed by atoms with E-state index < -0.39 is 23.2 Å². The van der Waals surface area contributed by atoms with E-state index in [1.807, 2.05) is 13.8 Å². The first-order valence-electron chi connectivity index (χ1n) is 5.53. The predicted molar refractivity (Wildman–Crippen MR) is 63.9 cm³/mol. The molecule has 17 heavy (non-hydrogen) atoms. The molecule has 0 amide bonds. The summed E-state index contributed by atoms with van der Waals surface area (Å²) in [4.78, 5) is 0. The number of halogens is 3. The molecule has 0 aliphatic rings. The molecule has 0 saturated carbocycles. The van der Waals surface area contributed by atoms with Crippen molar-refractivity contribution in [1.82, 2.24) is 0 Å². The topological polar surface area (TPSA) is 46.5 Å². The van der Waals surface area contributed by atoms with E-state index in [1.54, 1.807) is 0 Å². The molecule has 0 aliphatic heterocycles. The Morgan fingerprint density at radius 3 is 1.76 bits per heavy atom. The van der Waals surface area contributed by atoms with Crippen molar-refractivity contribution in [3.63, 3.8) is 0 Å². The lowest BCUT2D eigenvalue weighted by Crippen LogP contribution is -2.20. The van der Waals surface area contributed by atoms with Crippen molar-refractivity contribution in [1.29, 1.82) is 0 Å². The normalized spacial score (nSPS) is 12.5. The van der Waals surface area contributed by atoms with Crippen LogP contribution >= 0.6 is 7.71 Å². The van der Waals surface area contributed by atoms with Crippen LogP contribution in [0.1, 0.15) is 39.5 Å². The van der Waals surface area contributed by atoms with Gasteiger partial charge in [-0.2, -0.15) is 21.6 Å². The van der Waals surface area contributed by atoms with E-state index in [9.17, 15) is 21.6 Å². The van der Waals surface area contributed by atoms with Gasteiger partial charge in [-0.15, -0.1) is 0 Å². The lowest BCUT2D eigenvalue weighted by Gasteiger charge is -2.00. The molecule has 0 spiro atoms. The molecule has 0 aromatic carbocycles. The third-order valence-corrected chi connectivity index (χ3v) is 6.09. The highest BCUT2D eigenvalue weighted by Gasteiger charge is 2.48. The molecule has 0 atom stereocenters. The van der Waals surface area contributed by atoms with Gasteiger partial charge in [0.15, 0.2) is 0 Å². The summed E-state index contributed by atoms with van der Waals surface area (Å²) in [6.45, 7) is 3.82. The van der Waals surface area contributed by atoms with Gasteiger partial charge in [0, 0.05) is 4.15 Å². The van der Waals surface area contributed by atoms with Crippen molar-refractivity contribution in [2.75, 3.05) is 12.3 Å². The Kier molecular flexibility index (Phi) is 7.24. The van der Waals surface area contributed by atoms with Crippen molar-refractivity contribution in [3.8, 4) is 0 Å². The fourth-order valence-corrected chi connectivity index (χ4v) is 4.90. The average Bonchev–Trinajstić information content (AvgIpc) is 2.20. The molecule has 0 aliphatic carbocycles. The second-order valence-electron chi connectivity index (χ2n) is 3.66. The van der Waals surface area contributed by atoms with Gasteiger partial charge in [0.1, 0.15) is 12.3 Å². The van der Waals surface area contributed by atoms with Gasteiger partial charge in [-0.1, -0.05) is 26.7 Å². The van der Waals surface area contributed by atoms with E-state index in [-0.39, 0.29) is 0 Å². The zero-order valence-corrected chi connectivity index (χ0v) is 11.7. The first kappa shape index (κ1) is 16.8. The van der Waals surface area contributed by atoms with E-state index >= 15 is 0 Å². The van der Waals surface area contributed by atoms with Crippen LogP contribution in [0.4, 0.5) is 13.2 Å². The fourth-order valence-electron chi connectivity index (χ4n) is 1.07. The number of rotatable bonds is 7. The highest BCUT2D eigenvalue weighted by atomic mass is 32.2. The number of hydrogen-bond donors (Lipinski definition) is 0. The molecule has 0 unspecified atom stereocenters. The Hall–Kier alpha value is -0.160. The third kappa shape index (κ3) is 6.36. The Morgan fingerprint density at radius 1 is 1.06 bits per heavy atom. The molecular formula is C9H18F3NO2PS+. The maximum absolute atomic E-state index is 12.2. The van der Waals surface area contributed by atoms with Crippen LogP contribution in [0.15, 0.2) is 4.15 Å². The summed E-state index contributed by atoms with van der Waals surface area (Å²) >= 11 is 0. The monoisotopic (exact) mass is 292 g/mol. The highest BCUT2D eigenvalue weighted by Crippen LogP contribution is 2.35. The molecular weight excluding hydrogens is 274 g/mol. The number of sulfonamides is 1. The van der Waals surface area contributed by atoms with Crippen LogP contribution in [-0.4, -0.2) is 26.2 Å². The summed E-state index contributed by atoms with van der Waals surface area (Å²) in [5, 5.41) is 0. The summed E-state index contributed by atoms with van der Waals surface area (Å²) in [5.74, 6) is 0. The minimum atomic E-state index is -5.30. The first-order valence-corrected chi connectivity index (χ1v) is 8.64. The Bertz CT molecular complexity index is 342. The zero-order valence-electron chi connectivity index (χ0n) is 10.00. The summed E-state index contributed by atoms with van der Waals surface area (Å²) in [7, 11) is -6.71. The minimum Gasteiger partial charge on any atom is -0.192 e. The number of unbranched alkanes of at least 4 members (excludes halogenated alkanes) is 2. The van der Waals surface area contributed by atoms with Crippen LogP contribution < -0.4 is 0 Å². The van der Waals surface area contributed by atoms with Gasteiger partial charge in [-0.25, -0.2) is 0 Å². The summed E-state index contributed by atoms with van der Waals surface area (Å²) in [5.41, 5.74) is -5.26. The van der Waals surface area contributed by atoms with Crippen LogP contribution in [0, 0.1) is 0 Å². The number of hydrogen-bond acceptors (Lipinski definition) is 2. The third-order valence-electron chi connectivity index (χ3n) is 2.06.